The summed E-state index contributed by atoms with van der Waals surface area (Å²) in [6.45, 7) is 11.4. The molecule has 144 valence electrons. The molecule has 0 spiro atoms. The van der Waals surface area contributed by atoms with Crippen LogP contribution in [0.3, 0.4) is 0 Å². The lowest BCUT2D eigenvalue weighted by molar-refractivity contribution is -0.138. The predicted molar refractivity (Wildman–Crippen MR) is 105 cm³/mol. The zero-order valence-corrected chi connectivity index (χ0v) is 18.1. The number of rotatable bonds is 2. The molecule has 0 N–H and O–H groups in total. The van der Waals surface area contributed by atoms with E-state index in [0.717, 1.165) is 38.5 Å². The van der Waals surface area contributed by atoms with Gasteiger partial charge in [0.15, 0.2) is 14.1 Å². The molecule has 3 nitrogen and oxygen atoms in total. The number of ketones is 2. The van der Waals surface area contributed by atoms with Gasteiger partial charge in [0, 0.05) is 18.3 Å². The monoisotopic (exact) mass is 374 g/mol. The van der Waals surface area contributed by atoms with Gasteiger partial charge in [-0.15, -0.1) is 0 Å². The average molecular weight is 375 g/mol. The van der Waals surface area contributed by atoms with Crippen molar-refractivity contribution in [3.63, 3.8) is 0 Å². The van der Waals surface area contributed by atoms with Gasteiger partial charge < -0.3 is 4.43 Å². The third kappa shape index (κ3) is 2.71. The second kappa shape index (κ2) is 5.87. The van der Waals surface area contributed by atoms with Crippen molar-refractivity contribution in [1.29, 1.82) is 0 Å². The van der Waals surface area contributed by atoms with Crippen LogP contribution in [0, 0.1) is 28.6 Å². The van der Waals surface area contributed by atoms with Crippen molar-refractivity contribution in [2.24, 2.45) is 28.6 Å². The van der Waals surface area contributed by atoms with Gasteiger partial charge in [-0.1, -0.05) is 19.4 Å². The second-order valence-electron chi connectivity index (χ2n) is 10.7. The van der Waals surface area contributed by atoms with Gasteiger partial charge in [-0.2, -0.15) is 0 Å². The Balaban J connectivity index is 1.77. The summed E-state index contributed by atoms with van der Waals surface area (Å²) in [7, 11) is -1.70. The number of hydrogen-bond donors (Lipinski definition) is 0. The zero-order valence-electron chi connectivity index (χ0n) is 17.1. The van der Waals surface area contributed by atoms with E-state index in [9.17, 15) is 9.59 Å². The van der Waals surface area contributed by atoms with Gasteiger partial charge in [0.2, 0.25) is 0 Å². The molecule has 3 saturated carbocycles. The molecule has 0 aliphatic heterocycles. The summed E-state index contributed by atoms with van der Waals surface area (Å²) >= 11 is 0. The number of carbonyl (C=O) groups excluding carboxylic acids is 2. The summed E-state index contributed by atoms with van der Waals surface area (Å²) in [5, 5.41) is 0. The van der Waals surface area contributed by atoms with E-state index in [1.165, 1.54) is 5.57 Å². The smallest absolute Gasteiger partial charge is 0.184 e. The van der Waals surface area contributed by atoms with Crippen LogP contribution in [-0.2, 0) is 14.0 Å². The van der Waals surface area contributed by atoms with Gasteiger partial charge in [0.25, 0.3) is 0 Å². The molecule has 0 aromatic heterocycles. The Kier molecular flexibility index (Phi) is 4.21. The van der Waals surface area contributed by atoms with E-state index in [-0.39, 0.29) is 16.9 Å². The normalized spacial score (nSPS) is 45.7. The maximum absolute atomic E-state index is 12.7. The first-order valence-electron chi connectivity index (χ1n) is 10.5. The molecule has 6 atom stereocenters. The van der Waals surface area contributed by atoms with E-state index >= 15 is 0 Å². The Morgan fingerprint density at radius 2 is 1.69 bits per heavy atom. The van der Waals surface area contributed by atoms with Gasteiger partial charge in [0.1, 0.15) is 5.78 Å². The summed E-state index contributed by atoms with van der Waals surface area (Å²) in [5.41, 5.74) is 1.33. The highest BCUT2D eigenvalue weighted by atomic mass is 28.4. The number of Topliss-reactive ketones (excluding diaryl/α,β-unsaturated/α-hetero) is 1. The molecular formula is C22H34O3Si. The van der Waals surface area contributed by atoms with Gasteiger partial charge >= 0.3 is 0 Å². The fourth-order valence-electron chi connectivity index (χ4n) is 6.85. The Morgan fingerprint density at radius 3 is 2.38 bits per heavy atom. The van der Waals surface area contributed by atoms with Crippen molar-refractivity contribution in [3.05, 3.63) is 11.6 Å². The molecule has 0 unspecified atom stereocenters. The van der Waals surface area contributed by atoms with Crippen molar-refractivity contribution in [2.45, 2.75) is 84.5 Å². The maximum Gasteiger partial charge on any atom is 0.184 e. The number of carbonyl (C=O) groups is 2. The topological polar surface area (TPSA) is 43.4 Å². The van der Waals surface area contributed by atoms with Gasteiger partial charge in [0.05, 0.1) is 6.10 Å². The first-order chi connectivity index (χ1) is 12.0. The molecule has 0 heterocycles. The van der Waals surface area contributed by atoms with Crippen molar-refractivity contribution in [3.8, 4) is 0 Å². The molecule has 4 rings (SSSR count). The fourth-order valence-corrected chi connectivity index (χ4v) is 8.00. The summed E-state index contributed by atoms with van der Waals surface area (Å²) in [4.78, 5) is 24.8. The SMILES string of the molecule is C[C@]12CCC(=O)C=C1C[C@@H](O[Si](C)(C)C)[C@@H]1[C@@H]2CC[C@]2(C)C(=O)CC[C@@H]12. The third-order valence-corrected chi connectivity index (χ3v) is 9.18. The van der Waals surface area contributed by atoms with Crippen LogP contribution in [-0.4, -0.2) is 26.0 Å². The summed E-state index contributed by atoms with van der Waals surface area (Å²) in [5.74, 6) is 2.27. The summed E-state index contributed by atoms with van der Waals surface area (Å²) in [6, 6.07) is 0. The molecule has 0 bridgehead atoms. The van der Waals surface area contributed by atoms with Crippen LogP contribution in [0.15, 0.2) is 11.6 Å². The first-order valence-corrected chi connectivity index (χ1v) is 13.9. The Bertz CT molecular complexity index is 675. The van der Waals surface area contributed by atoms with Crippen molar-refractivity contribution in [1.82, 2.24) is 0 Å². The Labute approximate surface area is 159 Å². The van der Waals surface area contributed by atoms with Crippen LogP contribution in [0.4, 0.5) is 0 Å². The van der Waals surface area contributed by atoms with Gasteiger partial charge in [-0.05, 0) is 81.0 Å². The van der Waals surface area contributed by atoms with Crippen molar-refractivity contribution < 1.29 is 14.0 Å². The summed E-state index contributed by atoms with van der Waals surface area (Å²) < 4.78 is 6.74. The summed E-state index contributed by atoms with van der Waals surface area (Å²) in [6.07, 6.45) is 8.62. The molecule has 0 saturated heterocycles. The van der Waals surface area contributed by atoms with E-state index in [4.69, 9.17) is 4.43 Å². The molecule has 4 aliphatic carbocycles. The van der Waals surface area contributed by atoms with Crippen LogP contribution in [0.5, 0.6) is 0 Å². The minimum atomic E-state index is -1.70. The highest BCUT2D eigenvalue weighted by molar-refractivity contribution is 6.69. The first kappa shape index (κ1) is 18.6. The van der Waals surface area contributed by atoms with Crippen molar-refractivity contribution in [2.75, 3.05) is 0 Å². The minimum absolute atomic E-state index is 0.130. The molecule has 3 fully saturated rings. The van der Waals surface area contributed by atoms with Crippen LogP contribution >= 0.6 is 0 Å². The van der Waals surface area contributed by atoms with Crippen molar-refractivity contribution >= 4 is 19.9 Å². The zero-order chi connectivity index (χ0) is 18.9. The third-order valence-electron chi connectivity index (χ3n) is 8.17. The van der Waals surface area contributed by atoms with E-state index in [0.29, 0.717) is 35.7 Å². The molecular weight excluding hydrogens is 340 g/mol. The number of fused-ring (bicyclic) bond motifs is 5. The quantitative estimate of drug-likeness (QED) is 0.645. The maximum atomic E-state index is 12.7. The van der Waals surface area contributed by atoms with Crippen LogP contribution in [0.25, 0.3) is 0 Å². The molecule has 0 aromatic carbocycles. The van der Waals surface area contributed by atoms with Crippen LogP contribution in [0.1, 0.15) is 58.8 Å². The van der Waals surface area contributed by atoms with Crippen LogP contribution < -0.4 is 0 Å². The molecule has 26 heavy (non-hydrogen) atoms. The fraction of sp³-hybridized carbons (Fsp3) is 0.818. The van der Waals surface area contributed by atoms with Gasteiger partial charge in [-0.3, -0.25) is 9.59 Å². The van der Waals surface area contributed by atoms with E-state index in [1.807, 2.05) is 6.08 Å². The lowest BCUT2D eigenvalue weighted by Crippen LogP contribution is -2.57. The largest absolute Gasteiger partial charge is 0.414 e. The van der Waals surface area contributed by atoms with Gasteiger partial charge in [-0.25, -0.2) is 0 Å². The molecule has 4 heteroatoms. The van der Waals surface area contributed by atoms with E-state index < -0.39 is 8.32 Å². The van der Waals surface area contributed by atoms with Crippen LogP contribution in [0.2, 0.25) is 19.6 Å². The Morgan fingerprint density at radius 1 is 1.00 bits per heavy atom. The molecule has 0 amide bonds. The molecule has 0 radical (unpaired) electrons. The standard InChI is InChI=1S/C22H34O3Si/c1-21-10-8-15(23)12-14(21)13-18(25-26(3,4)5)20-16-6-7-19(24)22(16,2)11-9-17(20)21/h12,16-18,20H,6-11,13H2,1-5H3/t16-,17-,18+,20-,21-,22-/m0/s1. The lowest BCUT2D eigenvalue weighted by Gasteiger charge is -2.59. The average Bonchev–Trinajstić information content (AvgIpc) is 2.83. The minimum Gasteiger partial charge on any atom is -0.414 e. The Hall–Kier alpha value is -0.743. The molecule has 0 aromatic rings. The van der Waals surface area contributed by atoms with E-state index in [2.05, 4.69) is 33.5 Å². The number of hydrogen-bond acceptors (Lipinski definition) is 3. The predicted octanol–water partition coefficient (Wildman–Crippen LogP) is 4.92. The highest BCUT2D eigenvalue weighted by Crippen LogP contribution is 2.65. The second-order valence-corrected chi connectivity index (χ2v) is 15.2. The van der Waals surface area contributed by atoms with E-state index in [1.54, 1.807) is 0 Å². The molecule has 4 aliphatic rings. The lowest BCUT2D eigenvalue weighted by atomic mass is 9.47. The highest BCUT2D eigenvalue weighted by Gasteiger charge is 2.61.